The summed E-state index contributed by atoms with van der Waals surface area (Å²) in [5, 5.41) is 10.3. The third-order valence-electron chi connectivity index (χ3n) is 4.14. The van der Waals surface area contributed by atoms with Crippen molar-refractivity contribution in [2.75, 3.05) is 0 Å². The molecule has 110 valence electrons. The molecule has 1 aromatic heterocycles. The monoisotopic (exact) mass is 390 g/mol. The Morgan fingerprint density at radius 2 is 1.37 bits per heavy atom. The van der Waals surface area contributed by atoms with E-state index in [4.69, 9.17) is 0 Å². The van der Waals surface area contributed by atoms with Gasteiger partial charge in [0.1, 0.15) is 0 Å². The van der Waals surface area contributed by atoms with E-state index in [1.54, 1.807) is 14.2 Å². The van der Waals surface area contributed by atoms with Crippen LogP contribution < -0.4 is 2.89 Å². The van der Waals surface area contributed by atoms with E-state index < -0.39 is 18.4 Å². The van der Waals surface area contributed by atoms with Gasteiger partial charge in [-0.3, -0.25) is 0 Å². The molecule has 0 bridgehead atoms. The number of hydrogen-bond acceptors (Lipinski definition) is 2. The third-order valence-corrected chi connectivity index (χ3v) is 23.3. The van der Waals surface area contributed by atoms with Gasteiger partial charge in [0, 0.05) is 0 Å². The predicted molar refractivity (Wildman–Crippen MR) is 90.5 cm³/mol. The first-order valence-corrected chi connectivity index (χ1v) is 16.3. The normalized spacial score (nSPS) is 11.9. The van der Waals surface area contributed by atoms with Gasteiger partial charge in [-0.25, -0.2) is 0 Å². The van der Waals surface area contributed by atoms with Crippen LogP contribution in [0.15, 0.2) is 12.1 Å². The topological polar surface area (TPSA) is 20.2 Å². The van der Waals surface area contributed by atoms with Gasteiger partial charge in [0.2, 0.25) is 0 Å². The first-order valence-electron chi connectivity index (χ1n) is 7.97. The molecular formula is C16H30OSSn. The van der Waals surface area contributed by atoms with Gasteiger partial charge in [-0.2, -0.15) is 0 Å². The molecule has 0 saturated heterocycles. The van der Waals surface area contributed by atoms with Gasteiger partial charge in [0.25, 0.3) is 0 Å². The van der Waals surface area contributed by atoms with Crippen molar-refractivity contribution < 1.29 is 5.11 Å². The van der Waals surface area contributed by atoms with Gasteiger partial charge in [-0.05, 0) is 0 Å². The van der Waals surface area contributed by atoms with Gasteiger partial charge in [0.15, 0.2) is 0 Å². The summed E-state index contributed by atoms with van der Waals surface area (Å²) in [7, 11) is 0. The zero-order valence-electron chi connectivity index (χ0n) is 12.9. The van der Waals surface area contributed by atoms with Crippen molar-refractivity contribution in [3.05, 3.63) is 12.1 Å². The standard InChI is InChI=1S/C4H3OS.3C4H9.Sn/c5-4-2-1-3-6-4;3*1-3-4-2;/h1-2,5H;3*1,3-4H2,2H3;. The van der Waals surface area contributed by atoms with Crippen LogP contribution in [0.1, 0.15) is 59.3 Å². The second-order valence-corrected chi connectivity index (χ2v) is 21.0. The molecule has 0 aromatic carbocycles. The van der Waals surface area contributed by atoms with Gasteiger partial charge >= 0.3 is 128 Å². The van der Waals surface area contributed by atoms with E-state index in [2.05, 4.69) is 26.8 Å². The average Bonchev–Trinajstić information content (AvgIpc) is 2.85. The van der Waals surface area contributed by atoms with E-state index in [1.807, 2.05) is 6.07 Å². The van der Waals surface area contributed by atoms with Crippen LogP contribution in [0.25, 0.3) is 0 Å². The molecular weight excluding hydrogens is 359 g/mol. The minimum absolute atomic E-state index is 0.528. The summed E-state index contributed by atoms with van der Waals surface area (Å²) in [5.74, 6) is 0. The third kappa shape index (κ3) is 5.30. The van der Waals surface area contributed by atoms with Crippen LogP contribution in [0, 0.1) is 0 Å². The molecule has 0 spiro atoms. The fraction of sp³-hybridized carbons (Fsp3) is 0.750. The Bertz CT molecular complexity index is 326. The van der Waals surface area contributed by atoms with Crippen LogP contribution >= 0.6 is 11.3 Å². The van der Waals surface area contributed by atoms with Crippen molar-refractivity contribution in [3.63, 3.8) is 0 Å². The average molecular weight is 389 g/mol. The van der Waals surface area contributed by atoms with Gasteiger partial charge in [-0.1, -0.05) is 0 Å². The Labute approximate surface area is 127 Å². The second kappa shape index (κ2) is 9.27. The Balaban J connectivity index is 2.93. The summed E-state index contributed by atoms with van der Waals surface area (Å²) in [6.45, 7) is 6.92. The van der Waals surface area contributed by atoms with E-state index in [-0.39, 0.29) is 0 Å². The van der Waals surface area contributed by atoms with Crippen molar-refractivity contribution in [1.29, 1.82) is 0 Å². The van der Waals surface area contributed by atoms with E-state index in [1.165, 1.54) is 51.8 Å². The maximum absolute atomic E-state index is 9.74. The number of unbranched alkanes of at least 4 members (excludes halogenated alkanes) is 3. The van der Waals surface area contributed by atoms with Crippen LogP contribution in [0.5, 0.6) is 5.06 Å². The van der Waals surface area contributed by atoms with Crippen LogP contribution in [-0.2, 0) is 0 Å². The molecule has 1 nitrogen and oxygen atoms in total. The van der Waals surface area contributed by atoms with Crippen LogP contribution in [0.3, 0.4) is 0 Å². The van der Waals surface area contributed by atoms with Crippen molar-refractivity contribution in [3.8, 4) is 5.06 Å². The number of rotatable bonds is 10. The summed E-state index contributed by atoms with van der Waals surface area (Å²) in [6.07, 6.45) is 8.11. The maximum atomic E-state index is 9.74. The molecule has 3 heteroatoms. The Morgan fingerprint density at radius 1 is 0.895 bits per heavy atom. The molecule has 0 amide bonds. The molecule has 1 rings (SSSR count). The van der Waals surface area contributed by atoms with Crippen LogP contribution in [0.2, 0.25) is 13.3 Å². The molecule has 0 atom stereocenters. The fourth-order valence-corrected chi connectivity index (χ4v) is 22.7. The van der Waals surface area contributed by atoms with Crippen LogP contribution in [0.4, 0.5) is 0 Å². The van der Waals surface area contributed by atoms with E-state index in [0.29, 0.717) is 5.06 Å². The zero-order chi connectivity index (χ0) is 14.1. The quantitative estimate of drug-likeness (QED) is 0.524. The molecule has 1 heterocycles. The van der Waals surface area contributed by atoms with Gasteiger partial charge in [-0.15, -0.1) is 0 Å². The molecule has 0 fully saturated rings. The second-order valence-electron chi connectivity index (χ2n) is 5.73. The number of hydrogen-bond donors (Lipinski definition) is 1. The Morgan fingerprint density at radius 3 is 1.68 bits per heavy atom. The first-order chi connectivity index (χ1) is 9.18. The number of aromatic hydroxyl groups is 1. The Kier molecular flexibility index (Phi) is 8.47. The predicted octanol–water partition coefficient (Wildman–Crippen LogP) is 5.51. The summed E-state index contributed by atoms with van der Waals surface area (Å²) in [5.41, 5.74) is 0. The van der Waals surface area contributed by atoms with Crippen molar-refractivity contribution in [2.45, 2.75) is 72.6 Å². The van der Waals surface area contributed by atoms with Crippen LogP contribution in [-0.4, -0.2) is 23.5 Å². The molecule has 0 aliphatic heterocycles. The van der Waals surface area contributed by atoms with E-state index in [9.17, 15) is 5.11 Å². The number of thiophene rings is 1. The molecule has 1 aromatic rings. The van der Waals surface area contributed by atoms with Crippen molar-refractivity contribution >= 4 is 32.6 Å². The molecule has 0 saturated carbocycles. The Hall–Kier alpha value is 0.299. The molecule has 1 N–H and O–H groups in total. The molecule has 0 aliphatic carbocycles. The molecule has 0 aliphatic rings. The van der Waals surface area contributed by atoms with Gasteiger partial charge in [0.05, 0.1) is 0 Å². The van der Waals surface area contributed by atoms with Crippen molar-refractivity contribution in [2.24, 2.45) is 0 Å². The summed E-state index contributed by atoms with van der Waals surface area (Å²) in [6, 6.07) is 4.19. The van der Waals surface area contributed by atoms with Crippen molar-refractivity contribution in [1.82, 2.24) is 0 Å². The molecule has 0 radical (unpaired) electrons. The minimum atomic E-state index is -2.22. The molecule has 0 unspecified atom stereocenters. The first kappa shape index (κ1) is 17.4. The SMILES string of the molecule is CCC[CH2][Sn]([CH2]CCC)([CH2]CCC)[c]1ccc(O)s1. The fourth-order valence-electron chi connectivity index (χ4n) is 2.90. The van der Waals surface area contributed by atoms with E-state index in [0.717, 1.165) is 0 Å². The van der Waals surface area contributed by atoms with Gasteiger partial charge < -0.3 is 0 Å². The summed E-state index contributed by atoms with van der Waals surface area (Å²) in [4.78, 5) is 0. The summed E-state index contributed by atoms with van der Waals surface area (Å²) < 4.78 is 6.10. The summed E-state index contributed by atoms with van der Waals surface area (Å²) >= 11 is -0.522. The zero-order valence-corrected chi connectivity index (χ0v) is 16.5. The molecule has 19 heavy (non-hydrogen) atoms. The van der Waals surface area contributed by atoms with E-state index >= 15 is 0 Å².